The summed E-state index contributed by atoms with van der Waals surface area (Å²) in [6.07, 6.45) is 2.77. The maximum absolute atomic E-state index is 5.05. The van der Waals surface area contributed by atoms with Crippen molar-refractivity contribution < 1.29 is 4.74 Å². The van der Waals surface area contributed by atoms with E-state index in [9.17, 15) is 0 Å². The molecular formula is C12H18N2O. The third-order valence-electron chi connectivity index (χ3n) is 2.07. The van der Waals surface area contributed by atoms with Gasteiger partial charge in [-0.2, -0.15) is 0 Å². The summed E-state index contributed by atoms with van der Waals surface area (Å²) in [6.45, 7) is 7.69. The molecule has 0 amide bonds. The van der Waals surface area contributed by atoms with Gasteiger partial charge in [0.1, 0.15) is 0 Å². The highest BCUT2D eigenvalue weighted by Crippen LogP contribution is 2.07. The van der Waals surface area contributed by atoms with E-state index >= 15 is 0 Å². The average Bonchev–Trinajstić information content (AvgIpc) is 2.24. The SMILES string of the molecule is C=C(C)CCNCc1ccnc(OC)c1. The Bertz CT molecular complexity index is 323. The number of ether oxygens (including phenoxy) is 1. The summed E-state index contributed by atoms with van der Waals surface area (Å²) in [7, 11) is 1.63. The Morgan fingerprint density at radius 2 is 2.40 bits per heavy atom. The summed E-state index contributed by atoms with van der Waals surface area (Å²) < 4.78 is 5.05. The van der Waals surface area contributed by atoms with E-state index < -0.39 is 0 Å². The quantitative estimate of drug-likeness (QED) is 0.572. The van der Waals surface area contributed by atoms with Crippen molar-refractivity contribution in [2.75, 3.05) is 13.7 Å². The second kappa shape index (κ2) is 6.19. The Morgan fingerprint density at radius 3 is 3.07 bits per heavy atom. The summed E-state index contributed by atoms with van der Waals surface area (Å²) in [5.41, 5.74) is 2.39. The highest BCUT2D eigenvalue weighted by Gasteiger charge is 1.96. The molecule has 0 saturated carbocycles. The van der Waals surface area contributed by atoms with Crippen LogP contribution in [0.5, 0.6) is 5.88 Å². The lowest BCUT2D eigenvalue weighted by atomic mass is 10.2. The van der Waals surface area contributed by atoms with Crippen LogP contribution >= 0.6 is 0 Å². The largest absolute Gasteiger partial charge is 0.481 e. The minimum atomic E-state index is 0.661. The highest BCUT2D eigenvalue weighted by atomic mass is 16.5. The molecule has 1 aromatic heterocycles. The number of nitrogens with zero attached hydrogens (tertiary/aromatic N) is 1. The second-order valence-corrected chi connectivity index (χ2v) is 3.59. The van der Waals surface area contributed by atoms with Crippen LogP contribution in [0.25, 0.3) is 0 Å². The number of nitrogens with one attached hydrogen (secondary N) is 1. The maximum atomic E-state index is 5.05. The Kier molecular flexibility index (Phi) is 4.84. The van der Waals surface area contributed by atoms with Crippen LogP contribution in [0.4, 0.5) is 0 Å². The van der Waals surface area contributed by atoms with Crippen LogP contribution in [-0.4, -0.2) is 18.6 Å². The van der Waals surface area contributed by atoms with Crippen LogP contribution in [0.2, 0.25) is 0 Å². The number of rotatable bonds is 6. The van der Waals surface area contributed by atoms with E-state index in [1.807, 2.05) is 19.1 Å². The normalized spacial score (nSPS) is 10.0. The van der Waals surface area contributed by atoms with Crippen molar-refractivity contribution in [2.45, 2.75) is 19.9 Å². The predicted octanol–water partition coefficient (Wildman–Crippen LogP) is 2.15. The van der Waals surface area contributed by atoms with Crippen LogP contribution in [0.1, 0.15) is 18.9 Å². The molecule has 0 aromatic carbocycles. The molecule has 1 N–H and O–H groups in total. The zero-order chi connectivity index (χ0) is 11.1. The van der Waals surface area contributed by atoms with E-state index in [0.29, 0.717) is 5.88 Å². The van der Waals surface area contributed by atoms with Crippen LogP contribution in [0, 0.1) is 0 Å². The Balaban J connectivity index is 2.33. The molecule has 3 nitrogen and oxygen atoms in total. The summed E-state index contributed by atoms with van der Waals surface area (Å²) in [5.74, 6) is 0.661. The third kappa shape index (κ3) is 4.61. The van der Waals surface area contributed by atoms with E-state index in [1.54, 1.807) is 13.3 Å². The summed E-state index contributed by atoms with van der Waals surface area (Å²) in [4.78, 5) is 4.05. The average molecular weight is 206 g/mol. The number of hydrogen-bond acceptors (Lipinski definition) is 3. The molecule has 1 aromatic rings. The van der Waals surface area contributed by atoms with Crippen molar-refractivity contribution in [1.29, 1.82) is 0 Å². The van der Waals surface area contributed by atoms with E-state index in [2.05, 4.69) is 16.9 Å². The number of hydrogen-bond donors (Lipinski definition) is 1. The number of aromatic nitrogens is 1. The first-order chi connectivity index (χ1) is 7.22. The van der Waals surface area contributed by atoms with Crippen molar-refractivity contribution in [3.63, 3.8) is 0 Å². The van der Waals surface area contributed by atoms with Gasteiger partial charge in [0.15, 0.2) is 0 Å². The molecule has 0 fully saturated rings. The maximum Gasteiger partial charge on any atom is 0.213 e. The van der Waals surface area contributed by atoms with Gasteiger partial charge in [-0.05, 0) is 31.5 Å². The van der Waals surface area contributed by atoms with Crippen molar-refractivity contribution in [2.24, 2.45) is 0 Å². The highest BCUT2D eigenvalue weighted by molar-refractivity contribution is 5.20. The molecule has 0 spiro atoms. The zero-order valence-electron chi connectivity index (χ0n) is 9.42. The molecule has 82 valence electrons. The van der Waals surface area contributed by atoms with Gasteiger partial charge in [0.25, 0.3) is 0 Å². The monoisotopic (exact) mass is 206 g/mol. The molecule has 0 aliphatic rings. The lowest BCUT2D eigenvalue weighted by Crippen LogP contribution is -2.14. The standard InChI is InChI=1S/C12H18N2O/c1-10(2)4-6-13-9-11-5-7-14-12(8-11)15-3/h5,7-8,13H,1,4,6,9H2,2-3H3. The van der Waals surface area contributed by atoms with Gasteiger partial charge in [-0.3, -0.25) is 0 Å². The van der Waals surface area contributed by atoms with Gasteiger partial charge in [-0.1, -0.05) is 5.57 Å². The fraction of sp³-hybridized carbons (Fsp3) is 0.417. The molecule has 0 aliphatic heterocycles. The minimum absolute atomic E-state index is 0.661. The van der Waals surface area contributed by atoms with Crippen LogP contribution in [-0.2, 0) is 6.54 Å². The number of methoxy groups -OCH3 is 1. The third-order valence-corrected chi connectivity index (χ3v) is 2.07. The van der Waals surface area contributed by atoms with Crippen molar-refractivity contribution >= 4 is 0 Å². The number of pyridine rings is 1. The molecule has 0 unspecified atom stereocenters. The van der Waals surface area contributed by atoms with Crippen molar-refractivity contribution in [3.8, 4) is 5.88 Å². The first-order valence-corrected chi connectivity index (χ1v) is 5.06. The van der Waals surface area contributed by atoms with Crippen LogP contribution in [0.15, 0.2) is 30.5 Å². The molecule has 0 radical (unpaired) electrons. The Morgan fingerprint density at radius 1 is 1.60 bits per heavy atom. The summed E-state index contributed by atoms with van der Waals surface area (Å²) in [6, 6.07) is 3.92. The van der Waals surface area contributed by atoms with E-state index in [1.165, 1.54) is 11.1 Å². The van der Waals surface area contributed by atoms with E-state index in [0.717, 1.165) is 19.5 Å². The lowest BCUT2D eigenvalue weighted by Gasteiger charge is -2.05. The molecule has 0 aliphatic carbocycles. The van der Waals surface area contributed by atoms with Gasteiger partial charge in [-0.25, -0.2) is 4.98 Å². The molecule has 15 heavy (non-hydrogen) atoms. The van der Waals surface area contributed by atoms with Gasteiger partial charge in [0.05, 0.1) is 7.11 Å². The molecule has 0 bridgehead atoms. The van der Waals surface area contributed by atoms with Crippen molar-refractivity contribution in [3.05, 3.63) is 36.0 Å². The minimum Gasteiger partial charge on any atom is -0.481 e. The van der Waals surface area contributed by atoms with Gasteiger partial charge in [0.2, 0.25) is 5.88 Å². The second-order valence-electron chi connectivity index (χ2n) is 3.59. The fourth-order valence-electron chi connectivity index (χ4n) is 1.21. The molecular weight excluding hydrogens is 188 g/mol. The smallest absolute Gasteiger partial charge is 0.213 e. The van der Waals surface area contributed by atoms with E-state index in [-0.39, 0.29) is 0 Å². The Hall–Kier alpha value is -1.35. The topological polar surface area (TPSA) is 34.2 Å². The molecule has 1 heterocycles. The first-order valence-electron chi connectivity index (χ1n) is 5.06. The Labute approximate surface area is 91.2 Å². The van der Waals surface area contributed by atoms with E-state index in [4.69, 9.17) is 4.74 Å². The van der Waals surface area contributed by atoms with Crippen molar-refractivity contribution in [1.82, 2.24) is 10.3 Å². The van der Waals surface area contributed by atoms with Gasteiger partial charge in [-0.15, -0.1) is 6.58 Å². The fourth-order valence-corrected chi connectivity index (χ4v) is 1.21. The lowest BCUT2D eigenvalue weighted by molar-refractivity contribution is 0.397. The van der Waals surface area contributed by atoms with Gasteiger partial charge in [0, 0.05) is 18.8 Å². The summed E-state index contributed by atoms with van der Waals surface area (Å²) in [5, 5.41) is 3.34. The van der Waals surface area contributed by atoms with Crippen LogP contribution in [0.3, 0.4) is 0 Å². The van der Waals surface area contributed by atoms with Crippen LogP contribution < -0.4 is 10.1 Å². The molecule has 0 saturated heterocycles. The van der Waals surface area contributed by atoms with Gasteiger partial charge < -0.3 is 10.1 Å². The summed E-state index contributed by atoms with van der Waals surface area (Å²) >= 11 is 0. The molecule has 0 atom stereocenters. The predicted molar refractivity (Wildman–Crippen MR) is 61.9 cm³/mol. The zero-order valence-corrected chi connectivity index (χ0v) is 9.42. The van der Waals surface area contributed by atoms with Gasteiger partial charge >= 0.3 is 0 Å². The molecule has 1 rings (SSSR count). The molecule has 3 heteroatoms. The first kappa shape index (κ1) is 11.7.